The molecule has 0 fully saturated rings. The van der Waals surface area contributed by atoms with Crippen molar-refractivity contribution >= 4 is 11.6 Å². The fraction of sp³-hybridized carbons (Fsp3) is 0.217. The van der Waals surface area contributed by atoms with Crippen LogP contribution in [0, 0.1) is 11.3 Å². The summed E-state index contributed by atoms with van der Waals surface area (Å²) >= 11 is 5.87. The van der Waals surface area contributed by atoms with Crippen LogP contribution < -0.4 is 15.0 Å². The third-order valence-corrected chi connectivity index (χ3v) is 4.40. The van der Waals surface area contributed by atoms with Crippen LogP contribution in [0.3, 0.4) is 0 Å². The van der Waals surface area contributed by atoms with Crippen molar-refractivity contribution in [2.75, 3.05) is 6.61 Å². The van der Waals surface area contributed by atoms with Crippen molar-refractivity contribution in [2.24, 2.45) is 0 Å². The second-order valence-corrected chi connectivity index (χ2v) is 7.82. The number of nitrogens with zero attached hydrogens (tertiary/aromatic N) is 2. The number of nitriles is 1. The average molecular weight is 425 g/mol. The molecule has 3 rings (SSSR count). The lowest BCUT2D eigenvalue weighted by atomic mass is 10.1. The van der Waals surface area contributed by atoms with Crippen LogP contribution in [0.15, 0.2) is 65.6 Å². The van der Waals surface area contributed by atoms with Crippen LogP contribution in [0.2, 0.25) is 5.02 Å². The molecule has 0 aliphatic rings. The van der Waals surface area contributed by atoms with Gasteiger partial charge in [-0.15, -0.1) is 0 Å². The molecule has 0 radical (unpaired) electrons. The van der Waals surface area contributed by atoms with E-state index < -0.39 is 5.60 Å². The maximum absolute atomic E-state index is 12.6. The zero-order valence-corrected chi connectivity index (χ0v) is 17.4. The van der Waals surface area contributed by atoms with Gasteiger partial charge in [0.05, 0.1) is 16.9 Å². The number of pyridine rings is 1. The molecule has 0 bridgehead atoms. The van der Waals surface area contributed by atoms with E-state index in [-0.39, 0.29) is 17.7 Å². The van der Waals surface area contributed by atoms with Crippen LogP contribution in [0.4, 0.5) is 0 Å². The molecule has 1 aromatic heterocycles. The number of aliphatic hydroxyl groups is 1. The molecule has 0 aliphatic carbocycles. The number of hydrogen-bond donors (Lipinski definition) is 1. The van der Waals surface area contributed by atoms with Gasteiger partial charge in [0.1, 0.15) is 30.8 Å². The highest BCUT2D eigenvalue weighted by atomic mass is 35.5. The summed E-state index contributed by atoms with van der Waals surface area (Å²) in [7, 11) is 0. The monoisotopic (exact) mass is 424 g/mol. The number of ether oxygens (including phenoxy) is 2. The maximum atomic E-state index is 12.6. The molecule has 154 valence electrons. The standard InChI is InChI=1S/C23H21ClN2O4/c1-23(2,28)15-30-21-8-7-19(11-17(21)13-25)26-10-9-20(12-22(26)27)29-14-16-3-5-18(24)6-4-16/h3-12,28H,14-15H2,1-2H3. The van der Waals surface area contributed by atoms with Crippen LogP contribution in [-0.2, 0) is 6.61 Å². The Morgan fingerprint density at radius 3 is 2.47 bits per heavy atom. The van der Waals surface area contributed by atoms with Gasteiger partial charge in [0, 0.05) is 17.3 Å². The molecule has 0 atom stereocenters. The number of aromatic nitrogens is 1. The fourth-order valence-corrected chi connectivity index (χ4v) is 2.77. The lowest BCUT2D eigenvalue weighted by Gasteiger charge is -2.18. The van der Waals surface area contributed by atoms with E-state index in [4.69, 9.17) is 21.1 Å². The highest BCUT2D eigenvalue weighted by Gasteiger charge is 2.15. The summed E-state index contributed by atoms with van der Waals surface area (Å²) in [6.07, 6.45) is 1.59. The van der Waals surface area contributed by atoms with Crippen molar-refractivity contribution in [1.82, 2.24) is 4.57 Å². The van der Waals surface area contributed by atoms with Crippen molar-refractivity contribution in [3.05, 3.63) is 87.3 Å². The first-order valence-electron chi connectivity index (χ1n) is 9.25. The Bertz CT molecular complexity index is 1130. The Kier molecular flexibility index (Phi) is 6.46. The molecule has 0 amide bonds. The van der Waals surface area contributed by atoms with Crippen molar-refractivity contribution < 1.29 is 14.6 Å². The van der Waals surface area contributed by atoms with Gasteiger partial charge in [-0.3, -0.25) is 9.36 Å². The third kappa shape index (κ3) is 5.63. The van der Waals surface area contributed by atoms with Crippen LogP contribution in [-0.4, -0.2) is 21.9 Å². The van der Waals surface area contributed by atoms with E-state index >= 15 is 0 Å². The van der Waals surface area contributed by atoms with E-state index in [2.05, 4.69) is 6.07 Å². The van der Waals surface area contributed by atoms with Crippen LogP contribution >= 0.6 is 11.6 Å². The minimum atomic E-state index is -1.02. The molecule has 1 heterocycles. The molecule has 1 N–H and O–H groups in total. The van der Waals surface area contributed by atoms with E-state index in [9.17, 15) is 15.2 Å². The molecule has 3 aromatic rings. The van der Waals surface area contributed by atoms with Crippen molar-refractivity contribution in [1.29, 1.82) is 5.26 Å². The summed E-state index contributed by atoms with van der Waals surface area (Å²) in [6.45, 7) is 3.58. The second kappa shape index (κ2) is 9.04. The largest absolute Gasteiger partial charge is 0.489 e. The van der Waals surface area contributed by atoms with E-state index in [1.165, 1.54) is 10.6 Å². The second-order valence-electron chi connectivity index (χ2n) is 7.38. The van der Waals surface area contributed by atoms with E-state index in [1.54, 1.807) is 56.4 Å². The molecular formula is C23H21ClN2O4. The smallest absolute Gasteiger partial charge is 0.258 e. The predicted molar refractivity (Wildman–Crippen MR) is 114 cm³/mol. The van der Waals surface area contributed by atoms with Gasteiger partial charge in [-0.2, -0.15) is 5.26 Å². The van der Waals surface area contributed by atoms with E-state index in [1.807, 2.05) is 12.1 Å². The van der Waals surface area contributed by atoms with Gasteiger partial charge in [0.25, 0.3) is 5.56 Å². The molecule has 0 saturated heterocycles. The number of rotatable bonds is 7. The predicted octanol–water partition coefficient (Wildman–Crippen LogP) is 4.09. The van der Waals surface area contributed by atoms with Gasteiger partial charge < -0.3 is 14.6 Å². The summed E-state index contributed by atoms with van der Waals surface area (Å²) in [5, 5.41) is 19.9. The Balaban J connectivity index is 1.76. The zero-order chi connectivity index (χ0) is 21.7. The van der Waals surface area contributed by atoms with E-state index in [0.29, 0.717) is 28.8 Å². The molecule has 2 aromatic carbocycles. The van der Waals surface area contributed by atoms with Gasteiger partial charge in [-0.05, 0) is 55.8 Å². The minimum absolute atomic E-state index is 0.0423. The normalized spacial score (nSPS) is 11.0. The molecule has 0 unspecified atom stereocenters. The Labute approximate surface area is 179 Å². The highest BCUT2D eigenvalue weighted by molar-refractivity contribution is 6.30. The van der Waals surface area contributed by atoms with Gasteiger partial charge in [0.2, 0.25) is 0 Å². The van der Waals surface area contributed by atoms with Gasteiger partial charge in [-0.25, -0.2) is 0 Å². The Hall–Kier alpha value is -3.27. The fourth-order valence-electron chi connectivity index (χ4n) is 2.65. The first-order valence-corrected chi connectivity index (χ1v) is 9.63. The number of hydrogen-bond acceptors (Lipinski definition) is 5. The van der Waals surface area contributed by atoms with E-state index in [0.717, 1.165) is 5.56 Å². The molecule has 0 saturated carbocycles. The van der Waals surface area contributed by atoms with Crippen LogP contribution in [0.5, 0.6) is 11.5 Å². The summed E-state index contributed by atoms with van der Waals surface area (Å²) in [5.41, 5.74) is 0.411. The average Bonchev–Trinajstić information content (AvgIpc) is 2.71. The Morgan fingerprint density at radius 1 is 1.10 bits per heavy atom. The zero-order valence-electron chi connectivity index (χ0n) is 16.6. The summed E-state index contributed by atoms with van der Waals surface area (Å²) in [5.74, 6) is 0.788. The third-order valence-electron chi connectivity index (χ3n) is 4.15. The highest BCUT2D eigenvalue weighted by Crippen LogP contribution is 2.22. The molecule has 7 heteroatoms. The van der Waals surface area contributed by atoms with Gasteiger partial charge in [-0.1, -0.05) is 23.7 Å². The van der Waals surface area contributed by atoms with Gasteiger partial charge in [0.15, 0.2) is 0 Å². The lowest BCUT2D eigenvalue weighted by molar-refractivity contribution is 0.0284. The van der Waals surface area contributed by atoms with Gasteiger partial charge >= 0.3 is 0 Å². The first-order chi connectivity index (χ1) is 14.2. The quantitative estimate of drug-likeness (QED) is 0.617. The molecule has 0 spiro atoms. The van der Waals surface area contributed by atoms with Crippen molar-refractivity contribution in [2.45, 2.75) is 26.1 Å². The summed E-state index contributed by atoms with van der Waals surface area (Å²) < 4.78 is 12.6. The summed E-state index contributed by atoms with van der Waals surface area (Å²) in [6, 6.07) is 17.2. The number of halogens is 1. The molecule has 0 aliphatic heterocycles. The molecule has 6 nitrogen and oxygen atoms in total. The molecular weight excluding hydrogens is 404 g/mol. The van der Waals surface area contributed by atoms with Crippen LogP contribution in [0.25, 0.3) is 5.69 Å². The van der Waals surface area contributed by atoms with Crippen molar-refractivity contribution in [3.8, 4) is 23.3 Å². The summed E-state index contributed by atoms with van der Waals surface area (Å²) in [4.78, 5) is 12.6. The number of benzene rings is 2. The topological polar surface area (TPSA) is 84.5 Å². The van der Waals surface area contributed by atoms with Crippen LogP contribution in [0.1, 0.15) is 25.0 Å². The van der Waals surface area contributed by atoms with Crippen molar-refractivity contribution in [3.63, 3.8) is 0 Å². The Morgan fingerprint density at radius 2 is 1.83 bits per heavy atom. The lowest BCUT2D eigenvalue weighted by Crippen LogP contribution is -2.28. The first kappa shape index (κ1) is 21.4. The maximum Gasteiger partial charge on any atom is 0.258 e. The SMILES string of the molecule is CC(C)(O)COc1ccc(-n2ccc(OCc3ccc(Cl)cc3)cc2=O)cc1C#N. The molecule has 30 heavy (non-hydrogen) atoms. The minimum Gasteiger partial charge on any atom is -0.489 e.